The largest absolute Gasteiger partial charge is 0.349 e. The first-order chi connectivity index (χ1) is 11.3. The van der Waals surface area contributed by atoms with Crippen molar-refractivity contribution in [1.82, 2.24) is 10.0 Å². The summed E-state index contributed by atoms with van der Waals surface area (Å²) in [5.74, 6) is 0.748. The number of fused-ring (bicyclic) bond motifs is 2. The van der Waals surface area contributed by atoms with Crippen molar-refractivity contribution in [3.05, 3.63) is 29.8 Å². The maximum absolute atomic E-state index is 12.6. The van der Waals surface area contributed by atoms with Crippen molar-refractivity contribution in [1.29, 1.82) is 0 Å². The van der Waals surface area contributed by atoms with E-state index >= 15 is 0 Å². The number of hydrogen-bond acceptors (Lipinski definition) is 4. The lowest BCUT2D eigenvalue weighted by molar-refractivity contribution is -0.127. The predicted molar refractivity (Wildman–Crippen MR) is 91.5 cm³/mol. The van der Waals surface area contributed by atoms with E-state index in [2.05, 4.69) is 10.0 Å². The summed E-state index contributed by atoms with van der Waals surface area (Å²) >= 11 is 0. The fraction of sp³-hybridized carbons (Fsp3) is 0.588. The summed E-state index contributed by atoms with van der Waals surface area (Å²) in [6.45, 7) is 1.86. The zero-order valence-electron chi connectivity index (χ0n) is 14.0. The third-order valence-corrected chi connectivity index (χ3v) is 6.99. The second kappa shape index (κ2) is 6.46. The molecule has 0 radical (unpaired) electrons. The molecule has 2 fully saturated rings. The molecule has 0 heterocycles. The highest BCUT2D eigenvalue weighted by molar-refractivity contribution is 7.89. The molecule has 1 aromatic carbocycles. The van der Waals surface area contributed by atoms with E-state index in [9.17, 15) is 13.2 Å². The van der Waals surface area contributed by atoms with Gasteiger partial charge in [-0.2, -0.15) is 0 Å². The smallest absolute Gasteiger partial charge is 0.240 e. The molecule has 2 aliphatic rings. The van der Waals surface area contributed by atoms with Crippen LogP contribution in [0.5, 0.6) is 0 Å². The van der Waals surface area contributed by atoms with Crippen molar-refractivity contribution in [3.8, 4) is 0 Å². The summed E-state index contributed by atoms with van der Waals surface area (Å²) in [4.78, 5) is 12.8. The zero-order chi connectivity index (χ0) is 17.5. The highest BCUT2D eigenvalue weighted by atomic mass is 32.2. The fourth-order valence-electron chi connectivity index (χ4n) is 4.19. The van der Waals surface area contributed by atoms with E-state index in [1.165, 1.54) is 13.1 Å². The Morgan fingerprint density at radius 3 is 2.62 bits per heavy atom. The van der Waals surface area contributed by atoms with Gasteiger partial charge >= 0.3 is 0 Å². The predicted octanol–water partition coefficient (Wildman–Crippen LogP) is 1.15. The molecule has 24 heavy (non-hydrogen) atoms. The van der Waals surface area contributed by atoms with Gasteiger partial charge in [-0.25, -0.2) is 13.1 Å². The molecule has 2 aliphatic carbocycles. The van der Waals surface area contributed by atoms with Crippen LogP contribution in [0.2, 0.25) is 0 Å². The molecule has 2 bridgehead atoms. The lowest BCUT2D eigenvalue weighted by Crippen LogP contribution is -2.45. The van der Waals surface area contributed by atoms with Crippen molar-refractivity contribution < 1.29 is 13.2 Å². The van der Waals surface area contributed by atoms with Crippen molar-refractivity contribution >= 4 is 15.9 Å². The Kier molecular flexibility index (Phi) is 4.68. The minimum absolute atomic E-state index is 0.0101. The monoisotopic (exact) mass is 351 g/mol. The lowest BCUT2D eigenvalue weighted by Gasteiger charge is -2.28. The maximum atomic E-state index is 12.6. The third-order valence-electron chi connectivity index (χ3n) is 5.58. The average Bonchev–Trinajstić information content (AvgIpc) is 3.15. The number of hydrogen-bond donors (Lipinski definition) is 3. The van der Waals surface area contributed by atoms with Gasteiger partial charge in [0.25, 0.3) is 0 Å². The standard InChI is InChI=1S/C17H25N3O3S/c1-10(11-4-3-5-14(9-11)24(22,23)19-2)20-17(21)15-12-6-7-13(8-12)16(15)18/h3-5,9-10,12-13,15-16,19H,6-8,18H2,1-2H3,(H,20,21). The van der Waals surface area contributed by atoms with Crippen LogP contribution in [-0.2, 0) is 14.8 Å². The summed E-state index contributed by atoms with van der Waals surface area (Å²) in [7, 11) is -2.12. The number of nitrogens with one attached hydrogen (secondary N) is 2. The highest BCUT2D eigenvalue weighted by Gasteiger charge is 2.49. The summed E-state index contributed by atoms with van der Waals surface area (Å²) in [6.07, 6.45) is 3.28. The van der Waals surface area contributed by atoms with Crippen LogP contribution in [0.3, 0.4) is 0 Å². The normalized spacial score (nSPS) is 30.3. The van der Waals surface area contributed by atoms with Gasteiger partial charge in [0.05, 0.1) is 16.9 Å². The quantitative estimate of drug-likeness (QED) is 0.740. The van der Waals surface area contributed by atoms with Crippen LogP contribution >= 0.6 is 0 Å². The molecule has 6 nitrogen and oxygen atoms in total. The molecule has 1 amide bonds. The van der Waals surface area contributed by atoms with Gasteiger partial charge < -0.3 is 11.1 Å². The second-order valence-corrected chi connectivity index (χ2v) is 8.83. The van der Waals surface area contributed by atoms with Crippen molar-refractivity contribution in [2.75, 3.05) is 7.05 Å². The molecule has 132 valence electrons. The minimum atomic E-state index is -3.50. The van der Waals surface area contributed by atoms with Crippen LogP contribution in [-0.4, -0.2) is 27.4 Å². The molecule has 1 aromatic rings. The van der Waals surface area contributed by atoms with E-state index in [1.54, 1.807) is 12.1 Å². The first-order valence-electron chi connectivity index (χ1n) is 8.43. The van der Waals surface area contributed by atoms with Gasteiger partial charge in [-0.05, 0) is 62.8 Å². The molecule has 0 aliphatic heterocycles. The van der Waals surface area contributed by atoms with Crippen LogP contribution < -0.4 is 15.8 Å². The molecular formula is C17H25N3O3S. The molecule has 4 N–H and O–H groups in total. The van der Waals surface area contributed by atoms with Crippen molar-refractivity contribution in [2.24, 2.45) is 23.5 Å². The van der Waals surface area contributed by atoms with Gasteiger partial charge in [0.2, 0.25) is 15.9 Å². The second-order valence-electron chi connectivity index (χ2n) is 6.95. The Morgan fingerprint density at radius 1 is 1.29 bits per heavy atom. The highest BCUT2D eigenvalue weighted by Crippen LogP contribution is 2.47. The first-order valence-corrected chi connectivity index (χ1v) is 9.91. The number of rotatable bonds is 5. The first kappa shape index (κ1) is 17.4. The van der Waals surface area contributed by atoms with E-state index in [0.717, 1.165) is 24.8 Å². The number of nitrogens with two attached hydrogens (primary N) is 1. The Labute approximate surface area is 143 Å². The molecule has 0 spiro atoms. The van der Waals surface area contributed by atoms with Crippen LogP contribution in [0.1, 0.15) is 37.8 Å². The van der Waals surface area contributed by atoms with Crippen LogP contribution in [0.4, 0.5) is 0 Å². The topological polar surface area (TPSA) is 101 Å². The average molecular weight is 351 g/mol. The van der Waals surface area contributed by atoms with Crippen LogP contribution in [0.15, 0.2) is 29.2 Å². The van der Waals surface area contributed by atoms with Gasteiger partial charge in [0.15, 0.2) is 0 Å². The fourth-order valence-corrected chi connectivity index (χ4v) is 4.97. The summed E-state index contributed by atoms with van der Waals surface area (Å²) < 4.78 is 26.1. The Balaban J connectivity index is 1.72. The number of carbonyl (C=O) groups excluding carboxylic acids is 1. The Morgan fingerprint density at radius 2 is 2.00 bits per heavy atom. The zero-order valence-corrected chi connectivity index (χ0v) is 14.8. The summed E-state index contributed by atoms with van der Waals surface area (Å²) in [6, 6.07) is 6.32. The van der Waals surface area contributed by atoms with Crippen molar-refractivity contribution in [2.45, 2.75) is 43.2 Å². The van der Waals surface area contributed by atoms with Gasteiger partial charge in [-0.1, -0.05) is 12.1 Å². The molecule has 5 atom stereocenters. The molecule has 0 aromatic heterocycles. The summed E-state index contributed by atoms with van der Waals surface area (Å²) in [5.41, 5.74) is 6.99. The summed E-state index contributed by atoms with van der Waals surface area (Å²) in [5, 5.41) is 3.02. The van der Waals surface area contributed by atoms with Gasteiger partial charge in [-0.15, -0.1) is 0 Å². The van der Waals surface area contributed by atoms with Gasteiger partial charge in [-0.3, -0.25) is 4.79 Å². The molecule has 3 rings (SSSR count). The molecular weight excluding hydrogens is 326 g/mol. The molecule has 5 unspecified atom stereocenters. The van der Waals surface area contributed by atoms with Crippen molar-refractivity contribution in [3.63, 3.8) is 0 Å². The molecule has 0 saturated heterocycles. The lowest BCUT2D eigenvalue weighted by atomic mass is 9.84. The number of sulfonamides is 1. The Hall–Kier alpha value is -1.44. The van der Waals surface area contributed by atoms with E-state index in [0.29, 0.717) is 11.8 Å². The molecule has 2 saturated carbocycles. The number of benzene rings is 1. The molecule has 7 heteroatoms. The SMILES string of the molecule is CNS(=O)(=O)c1cccc(C(C)NC(=O)C2C3CCC(C3)C2N)c1. The van der Waals surface area contributed by atoms with E-state index < -0.39 is 10.0 Å². The van der Waals surface area contributed by atoms with Gasteiger partial charge in [0.1, 0.15) is 0 Å². The number of carbonyl (C=O) groups is 1. The van der Waals surface area contributed by atoms with Crippen LogP contribution in [0.25, 0.3) is 0 Å². The third kappa shape index (κ3) is 3.08. The van der Waals surface area contributed by atoms with E-state index in [-0.39, 0.29) is 28.8 Å². The number of amides is 1. The van der Waals surface area contributed by atoms with Gasteiger partial charge in [0, 0.05) is 6.04 Å². The van der Waals surface area contributed by atoms with E-state index in [1.807, 2.05) is 13.0 Å². The Bertz CT molecular complexity index is 732. The minimum Gasteiger partial charge on any atom is -0.349 e. The maximum Gasteiger partial charge on any atom is 0.240 e. The van der Waals surface area contributed by atoms with E-state index in [4.69, 9.17) is 5.73 Å². The van der Waals surface area contributed by atoms with Crippen LogP contribution in [0, 0.1) is 17.8 Å².